The number of rotatable bonds is 7. The Kier molecular flexibility index (Phi) is 5.77. The van der Waals surface area contributed by atoms with Crippen LogP contribution in [0.4, 0.5) is 0 Å². The topological polar surface area (TPSA) is 55.8 Å². The third-order valence-corrected chi connectivity index (χ3v) is 3.40. The van der Waals surface area contributed by atoms with Crippen LogP contribution in [0.15, 0.2) is 48.5 Å². The fourth-order valence-electron chi connectivity index (χ4n) is 2.14. The highest BCUT2D eigenvalue weighted by molar-refractivity contribution is 5.83. The Morgan fingerprint density at radius 2 is 1.75 bits per heavy atom. The van der Waals surface area contributed by atoms with Gasteiger partial charge in [0.1, 0.15) is 6.61 Å². The van der Waals surface area contributed by atoms with E-state index < -0.39 is 5.60 Å². The molecule has 0 unspecified atom stereocenters. The summed E-state index contributed by atoms with van der Waals surface area (Å²) in [6.07, 6.45) is 4.09. The van der Waals surface area contributed by atoms with Gasteiger partial charge in [-0.3, -0.25) is 4.79 Å². The molecule has 0 saturated carbocycles. The number of aldehydes is 1. The molecule has 4 nitrogen and oxygen atoms in total. The van der Waals surface area contributed by atoms with Gasteiger partial charge in [-0.25, -0.2) is 0 Å². The molecule has 0 fully saturated rings. The summed E-state index contributed by atoms with van der Waals surface area (Å²) in [5.74, 6) is 1.04. The van der Waals surface area contributed by atoms with Crippen LogP contribution in [0.5, 0.6) is 11.5 Å². The molecule has 24 heavy (non-hydrogen) atoms. The maximum Gasteiger partial charge on any atom is 0.162 e. The van der Waals surface area contributed by atoms with Crippen LogP contribution < -0.4 is 9.47 Å². The Morgan fingerprint density at radius 1 is 1.08 bits per heavy atom. The van der Waals surface area contributed by atoms with E-state index >= 15 is 0 Å². The van der Waals surface area contributed by atoms with Crippen LogP contribution >= 0.6 is 0 Å². The first-order valence-corrected chi connectivity index (χ1v) is 7.68. The molecule has 2 aromatic rings. The summed E-state index contributed by atoms with van der Waals surface area (Å²) in [5.41, 5.74) is 1.20. The minimum atomic E-state index is -0.967. The number of hydrogen-bond acceptors (Lipinski definition) is 4. The third kappa shape index (κ3) is 4.96. The third-order valence-electron chi connectivity index (χ3n) is 3.40. The van der Waals surface area contributed by atoms with Crippen molar-refractivity contribution in [2.24, 2.45) is 0 Å². The first-order valence-electron chi connectivity index (χ1n) is 7.68. The molecule has 2 rings (SSSR count). The molecule has 0 aromatic heterocycles. The Balaban J connectivity index is 2.31. The van der Waals surface area contributed by atoms with E-state index in [1.165, 1.54) is 7.11 Å². The van der Waals surface area contributed by atoms with Gasteiger partial charge in [0, 0.05) is 5.56 Å². The lowest BCUT2D eigenvalue weighted by Crippen LogP contribution is -2.13. The van der Waals surface area contributed by atoms with E-state index in [0.29, 0.717) is 29.2 Å². The quantitative estimate of drug-likeness (QED) is 0.785. The number of carbonyl (C=O) groups excluding carboxylic acids is 1. The van der Waals surface area contributed by atoms with E-state index in [1.54, 1.807) is 38.1 Å². The van der Waals surface area contributed by atoms with Gasteiger partial charge < -0.3 is 14.6 Å². The Bertz CT molecular complexity index is 712. The zero-order valence-electron chi connectivity index (χ0n) is 14.2. The van der Waals surface area contributed by atoms with Gasteiger partial charge in [-0.2, -0.15) is 0 Å². The molecule has 4 heteroatoms. The van der Waals surface area contributed by atoms with Crippen molar-refractivity contribution in [2.75, 3.05) is 7.11 Å². The summed E-state index contributed by atoms with van der Waals surface area (Å²) < 4.78 is 11.2. The molecule has 0 saturated heterocycles. The molecule has 0 aliphatic heterocycles. The van der Waals surface area contributed by atoms with Crippen molar-refractivity contribution in [2.45, 2.75) is 26.1 Å². The SMILES string of the molecule is COc1cc(C=O)c(/C=C/C(C)(C)O)cc1OCc1ccccc1. The van der Waals surface area contributed by atoms with Crippen LogP contribution in [-0.4, -0.2) is 24.1 Å². The highest BCUT2D eigenvalue weighted by Gasteiger charge is 2.12. The molecule has 0 heterocycles. The lowest BCUT2D eigenvalue weighted by molar-refractivity contribution is 0.112. The molecule has 0 spiro atoms. The molecule has 2 aromatic carbocycles. The largest absolute Gasteiger partial charge is 0.493 e. The van der Waals surface area contributed by atoms with Gasteiger partial charge in [0.2, 0.25) is 0 Å². The second-order valence-electron chi connectivity index (χ2n) is 6.01. The van der Waals surface area contributed by atoms with Crippen molar-refractivity contribution >= 4 is 12.4 Å². The lowest BCUT2D eigenvalue weighted by Gasteiger charge is -2.14. The van der Waals surface area contributed by atoms with Gasteiger partial charge in [0.05, 0.1) is 12.7 Å². The van der Waals surface area contributed by atoms with Crippen LogP contribution in [0.2, 0.25) is 0 Å². The van der Waals surface area contributed by atoms with Crippen molar-refractivity contribution < 1.29 is 19.4 Å². The van der Waals surface area contributed by atoms with Crippen molar-refractivity contribution in [1.82, 2.24) is 0 Å². The summed E-state index contributed by atoms with van der Waals surface area (Å²) in [6, 6.07) is 13.2. The standard InChI is InChI=1S/C20H22O4/c1-20(2,22)10-9-16-11-19(18(23-3)12-17(16)13-21)24-14-15-7-5-4-6-8-15/h4-13,22H,14H2,1-3H3/b10-9+. The molecule has 0 amide bonds. The van der Waals surface area contributed by atoms with E-state index in [9.17, 15) is 9.90 Å². The molecule has 0 aliphatic rings. The number of hydrogen-bond donors (Lipinski definition) is 1. The predicted molar refractivity (Wildman–Crippen MR) is 94.5 cm³/mol. The summed E-state index contributed by atoms with van der Waals surface area (Å²) >= 11 is 0. The van der Waals surface area contributed by atoms with E-state index in [2.05, 4.69) is 0 Å². The average Bonchev–Trinajstić information content (AvgIpc) is 2.58. The van der Waals surface area contributed by atoms with Crippen LogP contribution in [0.1, 0.15) is 35.3 Å². The fourth-order valence-corrected chi connectivity index (χ4v) is 2.14. The van der Waals surface area contributed by atoms with Gasteiger partial charge in [-0.15, -0.1) is 0 Å². The zero-order chi connectivity index (χ0) is 17.6. The van der Waals surface area contributed by atoms with Gasteiger partial charge in [-0.05, 0) is 37.1 Å². The monoisotopic (exact) mass is 326 g/mol. The van der Waals surface area contributed by atoms with Crippen LogP contribution in [0, 0.1) is 0 Å². The number of methoxy groups -OCH3 is 1. The summed E-state index contributed by atoms with van der Waals surface area (Å²) in [6.45, 7) is 3.73. The van der Waals surface area contributed by atoms with Crippen LogP contribution in [0.25, 0.3) is 6.08 Å². The van der Waals surface area contributed by atoms with E-state index in [1.807, 2.05) is 30.3 Å². The first-order chi connectivity index (χ1) is 11.4. The van der Waals surface area contributed by atoms with Crippen molar-refractivity contribution in [1.29, 1.82) is 0 Å². The van der Waals surface area contributed by atoms with E-state index in [-0.39, 0.29) is 0 Å². The van der Waals surface area contributed by atoms with Crippen molar-refractivity contribution in [3.63, 3.8) is 0 Å². The number of carbonyl (C=O) groups is 1. The van der Waals surface area contributed by atoms with Gasteiger partial charge in [0.25, 0.3) is 0 Å². The second-order valence-corrected chi connectivity index (χ2v) is 6.01. The highest BCUT2D eigenvalue weighted by Crippen LogP contribution is 2.32. The molecule has 0 atom stereocenters. The Hall–Kier alpha value is -2.59. The van der Waals surface area contributed by atoms with E-state index in [4.69, 9.17) is 9.47 Å². The highest BCUT2D eigenvalue weighted by atomic mass is 16.5. The predicted octanol–water partition coefficient (Wildman–Crippen LogP) is 3.87. The minimum Gasteiger partial charge on any atom is -0.493 e. The van der Waals surface area contributed by atoms with E-state index in [0.717, 1.165) is 11.8 Å². The van der Waals surface area contributed by atoms with Crippen LogP contribution in [-0.2, 0) is 6.61 Å². The minimum absolute atomic E-state index is 0.395. The molecule has 126 valence electrons. The molecular weight excluding hydrogens is 304 g/mol. The molecule has 1 N–H and O–H groups in total. The maximum atomic E-state index is 11.3. The smallest absolute Gasteiger partial charge is 0.162 e. The molecule has 0 bridgehead atoms. The average molecular weight is 326 g/mol. The number of benzene rings is 2. The number of aliphatic hydroxyl groups is 1. The maximum absolute atomic E-state index is 11.3. The van der Waals surface area contributed by atoms with Crippen molar-refractivity contribution in [3.05, 3.63) is 65.2 Å². The summed E-state index contributed by atoms with van der Waals surface area (Å²) in [7, 11) is 1.53. The molecule has 0 aliphatic carbocycles. The molecule has 0 radical (unpaired) electrons. The first kappa shape index (κ1) is 17.8. The summed E-state index contributed by atoms with van der Waals surface area (Å²) in [5, 5.41) is 9.83. The normalized spacial score (nSPS) is 11.5. The fraction of sp³-hybridized carbons (Fsp3) is 0.250. The zero-order valence-corrected chi connectivity index (χ0v) is 14.2. The van der Waals surface area contributed by atoms with Crippen molar-refractivity contribution in [3.8, 4) is 11.5 Å². The Labute approximate surface area is 142 Å². The number of ether oxygens (including phenoxy) is 2. The lowest BCUT2D eigenvalue weighted by atomic mass is 10.0. The second kappa shape index (κ2) is 7.79. The van der Waals surface area contributed by atoms with Gasteiger partial charge >= 0.3 is 0 Å². The van der Waals surface area contributed by atoms with Gasteiger partial charge in [0.15, 0.2) is 17.8 Å². The Morgan fingerprint density at radius 3 is 2.33 bits per heavy atom. The van der Waals surface area contributed by atoms with Crippen LogP contribution in [0.3, 0.4) is 0 Å². The summed E-state index contributed by atoms with van der Waals surface area (Å²) in [4.78, 5) is 11.3. The van der Waals surface area contributed by atoms with Gasteiger partial charge in [-0.1, -0.05) is 42.5 Å². The molecular formula is C20H22O4.